The van der Waals surface area contributed by atoms with Crippen molar-refractivity contribution in [1.82, 2.24) is 15.2 Å². The molecule has 6 nitrogen and oxygen atoms in total. The van der Waals surface area contributed by atoms with Crippen molar-refractivity contribution in [3.8, 4) is 5.75 Å². The number of hydrogen-bond donors (Lipinski definition) is 3. The summed E-state index contributed by atoms with van der Waals surface area (Å²) in [6, 6.07) is 5.67. The van der Waals surface area contributed by atoms with Crippen molar-refractivity contribution in [1.29, 1.82) is 0 Å². The van der Waals surface area contributed by atoms with E-state index in [-0.39, 0.29) is 12.6 Å². The molecular weight excluding hydrogens is 270 g/mol. The van der Waals surface area contributed by atoms with E-state index >= 15 is 0 Å². The zero-order valence-corrected chi connectivity index (χ0v) is 12.3. The number of rotatable bonds is 6. The van der Waals surface area contributed by atoms with E-state index in [2.05, 4.69) is 10.3 Å². The number of nitrogens with one attached hydrogen (secondary N) is 2. The van der Waals surface area contributed by atoms with Crippen molar-refractivity contribution in [3.63, 3.8) is 0 Å². The number of fused-ring (bicyclic) bond motifs is 1. The summed E-state index contributed by atoms with van der Waals surface area (Å²) in [5, 5.41) is 12.7. The summed E-state index contributed by atoms with van der Waals surface area (Å²) in [5.74, 6) is 0.826. The zero-order valence-electron chi connectivity index (χ0n) is 12.3. The van der Waals surface area contributed by atoms with Gasteiger partial charge in [-0.3, -0.25) is 0 Å². The largest absolute Gasteiger partial charge is 0.496 e. The van der Waals surface area contributed by atoms with Gasteiger partial charge in [-0.2, -0.15) is 0 Å². The molecule has 21 heavy (non-hydrogen) atoms. The maximum Gasteiger partial charge on any atom is 0.317 e. The number of carbonyl (C=O) groups is 1. The van der Waals surface area contributed by atoms with E-state index in [9.17, 15) is 4.79 Å². The van der Waals surface area contributed by atoms with Gasteiger partial charge in [0.2, 0.25) is 0 Å². The molecule has 0 bridgehead atoms. The van der Waals surface area contributed by atoms with E-state index < -0.39 is 0 Å². The lowest BCUT2D eigenvalue weighted by molar-refractivity contribution is 0.190. The maximum absolute atomic E-state index is 11.7. The number of benzene rings is 1. The van der Waals surface area contributed by atoms with Crippen LogP contribution in [-0.4, -0.2) is 54.9 Å². The lowest BCUT2D eigenvalue weighted by Gasteiger charge is -2.16. The smallest absolute Gasteiger partial charge is 0.317 e. The maximum atomic E-state index is 11.7. The first-order valence-corrected chi connectivity index (χ1v) is 6.90. The molecule has 1 aromatic heterocycles. The first-order chi connectivity index (χ1) is 10.2. The number of hydrogen-bond acceptors (Lipinski definition) is 3. The highest BCUT2D eigenvalue weighted by Gasteiger charge is 2.10. The Morgan fingerprint density at radius 2 is 2.29 bits per heavy atom. The van der Waals surface area contributed by atoms with E-state index in [0.717, 1.165) is 22.2 Å². The van der Waals surface area contributed by atoms with Crippen LogP contribution in [0.3, 0.4) is 0 Å². The first kappa shape index (κ1) is 15.2. The Kier molecular flexibility index (Phi) is 5.05. The molecule has 0 saturated heterocycles. The number of aliphatic hydroxyl groups is 1. The number of aliphatic hydroxyl groups excluding tert-OH is 1. The predicted molar refractivity (Wildman–Crippen MR) is 81.7 cm³/mol. The average molecular weight is 291 g/mol. The molecule has 2 amide bonds. The van der Waals surface area contributed by atoms with Crippen molar-refractivity contribution >= 4 is 16.9 Å². The van der Waals surface area contributed by atoms with Gasteiger partial charge >= 0.3 is 6.03 Å². The number of H-pyrrole nitrogens is 1. The highest BCUT2D eigenvalue weighted by Crippen LogP contribution is 2.28. The fourth-order valence-electron chi connectivity index (χ4n) is 2.28. The van der Waals surface area contributed by atoms with E-state index in [4.69, 9.17) is 9.84 Å². The van der Waals surface area contributed by atoms with Crippen LogP contribution in [0.4, 0.5) is 4.79 Å². The fraction of sp³-hybridized carbons (Fsp3) is 0.400. The molecule has 0 aliphatic rings. The second-order valence-electron chi connectivity index (χ2n) is 4.82. The van der Waals surface area contributed by atoms with Crippen LogP contribution in [0.2, 0.25) is 0 Å². The monoisotopic (exact) mass is 291 g/mol. The van der Waals surface area contributed by atoms with Crippen LogP contribution in [0.25, 0.3) is 10.9 Å². The van der Waals surface area contributed by atoms with Gasteiger partial charge < -0.3 is 25.0 Å². The second-order valence-corrected chi connectivity index (χ2v) is 4.82. The first-order valence-electron chi connectivity index (χ1n) is 6.90. The summed E-state index contributed by atoms with van der Waals surface area (Å²) >= 11 is 0. The minimum absolute atomic E-state index is 0.0381. The van der Waals surface area contributed by atoms with Crippen LogP contribution < -0.4 is 10.1 Å². The molecule has 2 rings (SSSR count). The molecule has 0 fully saturated rings. The van der Waals surface area contributed by atoms with Gasteiger partial charge in [-0.15, -0.1) is 0 Å². The molecule has 0 unspecified atom stereocenters. The summed E-state index contributed by atoms with van der Waals surface area (Å²) in [4.78, 5) is 16.4. The number of likely N-dealkylation sites (N-methyl/N-ethyl adjacent to an activating group) is 1. The molecule has 2 aromatic rings. The van der Waals surface area contributed by atoms with E-state index in [0.29, 0.717) is 19.5 Å². The SMILES string of the molecule is COc1cccc2[nH]cc(CCNC(=O)N(C)CCO)c12. The van der Waals surface area contributed by atoms with Crippen LogP contribution in [0.1, 0.15) is 5.56 Å². The van der Waals surface area contributed by atoms with Gasteiger partial charge in [0.05, 0.1) is 13.7 Å². The molecule has 0 radical (unpaired) electrons. The van der Waals surface area contributed by atoms with E-state index in [1.807, 2.05) is 24.4 Å². The minimum Gasteiger partial charge on any atom is -0.496 e. The van der Waals surface area contributed by atoms with Gasteiger partial charge in [-0.05, 0) is 24.1 Å². The summed E-state index contributed by atoms with van der Waals surface area (Å²) in [6.45, 7) is 0.815. The van der Waals surface area contributed by atoms with Crippen molar-refractivity contribution in [3.05, 3.63) is 30.0 Å². The number of aromatic amines is 1. The van der Waals surface area contributed by atoms with Gasteiger partial charge in [0, 0.05) is 37.2 Å². The third-order valence-corrected chi connectivity index (χ3v) is 3.42. The molecule has 0 aliphatic heterocycles. The molecule has 3 N–H and O–H groups in total. The Morgan fingerprint density at radius 3 is 3.00 bits per heavy atom. The Labute approximate surface area is 123 Å². The minimum atomic E-state index is -0.184. The molecule has 0 atom stereocenters. The number of nitrogens with zero attached hydrogens (tertiary/aromatic N) is 1. The summed E-state index contributed by atoms with van der Waals surface area (Å²) in [6.07, 6.45) is 2.65. The number of aromatic nitrogens is 1. The number of amides is 2. The molecule has 6 heteroatoms. The molecule has 0 saturated carbocycles. The number of methoxy groups -OCH3 is 1. The van der Waals surface area contributed by atoms with Crippen molar-refractivity contribution < 1.29 is 14.6 Å². The normalized spacial score (nSPS) is 10.6. The second kappa shape index (κ2) is 6.99. The Balaban J connectivity index is 1.99. The number of ether oxygens (including phenoxy) is 1. The predicted octanol–water partition coefficient (Wildman–Crippen LogP) is 1.35. The Bertz CT molecular complexity index is 609. The molecule has 0 aliphatic carbocycles. The van der Waals surface area contributed by atoms with Crippen LogP contribution >= 0.6 is 0 Å². The van der Waals surface area contributed by atoms with Crippen LogP contribution in [0.5, 0.6) is 5.75 Å². The van der Waals surface area contributed by atoms with Crippen LogP contribution in [-0.2, 0) is 6.42 Å². The average Bonchev–Trinajstić information content (AvgIpc) is 2.90. The highest BCUT2D eigenvalue weighted by molar-refractivity contribution is 5.89. The zero-order chi connectivity index (χ0) is 15.2. The summed E-state index contributed by atoms with van der Waals surface area (Å²) < 4.78 is 5.38. The molecule has 1 heterocycles. The summed E-state index contributed by atoms with van der Waals surface area (Å²) in [5.41, 5.74) is 2.13. The Morgan fingerprint density at radius 1 is 1.48 bits per heavy atom. The quantitative estimate of drug-likeness (QED) is 0.752. The van der Waals surface area contributed by atoms with Gasteiger partial charge in [0.15, 0.2) is 0 Å². The molecule has 114 valence electrons. The third kappa shape index (κ3) is 3.46. The topological polar surface area (TPSA) is 77.6 Å². The number of carbonyl (C=O) groups excluding carboxylic acids is 1. The van der Waals surface area contributed by atoms with E-state index in [1.165, 1.54) is 4.90 Å². The van der Waals surface area contributed by atoms with E-state index in [1.54, 1.807) is 14.2 Å². The summed E-state index contributed by atoms with van der Waals surface area (Å²) in [7, 11) is 3.30. The molecule has 0 spiro atoms. The highest BCUT2D eigenvalue weighted by atomic mass is 16.5. The van der Waals surface area contributed by atoms with Crippen LogP contribution in [0, 0.1) is 0 Å². The lowest BCUT2D eigenvalue weighted by Crippen LogP contribution is -2.39. The number of urea groups is 1. The molecular formula is C15H21N3O3. The lowest BCUT2D eigenvalue weighted by atomic mass is 10.1. The Hall–Kier alpha value is -2.21. The van der Waals surface area contributed by atoms with Gasteiger partial charge in [0.1, 0.15) is 5.75 Å². The van der Waals surface area contributed by atoms with Gasteiger partial charge in [-0.1, -0.05) is 6.07 Å². The fourth-order valence-corrected chi connectivity index (χ4v) is 2.28. The third-order valence-electron chi connectivity index (χ3n) is 3.42. The van der Waals surface area contributed by atoms with Crippen molar-refractivity contribution in [2.45, 2.75) is 6.42 Å². The van der Waals surface area contributed by atoms with Crippen LogP contribution in [0.15, 0.2) is 24.4 Å². The standard InChI is InChI=1S/C15H21N3O3/c1-18(8-9-19)15(20)16-7-6-11-10-17-12-4-3-5-13(21-2)14(11)12/h3-5,10,17,19H,6-9H2,1-2H3,(H,16,20). The molecule has 1 aromatic carbocycles. The van der Waals surface area contributed by atoms with Crippen molar-refractivity contribution in [2.75, 3.05) is 33.9 Å². The van der Waals surface area contributed by atoms with Gasteiger partial charge in [0.25, 0.3) is 0 Å². The van der Waals surface area contributed by atoms with Crippen molar-refractivity contribution in [2.24, 2.45) is 0 Å². The van der Waals surface area contributed by atoms with Gasteiger partial charge in [-0.25, -0.2) is 4.79 Å².